The molecule has 1 atom stereocenters. The lowest BCUT2D eigenvalue weighted by molar-refractivity contribution is 0.152. The summed E-state index contributed by atoms with van der Waals surface area (Å²) in [6.07, 6.45) is 10.5. The molecule has 0 aromatic heterocycles. The molecule has 1 aliphatic heterocycles. The molecule has 98 valence electrons. The summed E-state index contributed by atoms with van der Waals surface area (Å²) in [7, 11) is 0. The van der Waals surface area contributed by atoms with Crippen molar-refractivity contribution in [3.05, 3.63) is 0 Å². The maximum Gasteiger partial charge on any atom is 0.0627 e. The van der Waals surface area contributed by atoms with E-state index in [2.05, 4.69) is 17.0 Å². The van der Waals surface area contributed by atoms with Crippen molar-refractivity contribution in [3.8, 4) is 0 Å². The van der Waals surface area contributed by atoms with Gasteiger partial charge < -0.3 is 5.21 Å². The number of rotatable bonds is 2. The Morgan fingerprint density at radius 2 is 1.94 bits per heavy atom. The fourth-order valence-electron chi connectivity index (χ4n) is 3.39. The summed E-state index contributed by atoms with van der Waals surface area (Å²) >= 11 is 0. The molecular formula is C14H26N2O. The molecule has 2 aliphatic rings. The van der Waals surface area contributed by atoms with Crippen LogP contribution in [0.2, 0.25) is 0 Å². The Balaban J connectivity index is 1.93. The van der Waals surface area contributed by atoms with Crippen molar-refractivity contribution in [1.82, 2.24) is 4.90 Å². The molecule has 0 aromatic carbocycles. The summed E-state index contributed by atoms with van der Waals surface area (Å²) in [5, 5.41) is 12.5. The number of hydrogen-bond donors (Lipinski definition) is 1. The van der Waals surface area contributed by atoms with Crippen molar-refractivity contribution in [2.75, 3.05) is 13.1 Å². The third-order valence-corrected chi connectivity index (χ3v) is 4.54. The number of oxime groups is 1. The average Bonchev–Trinajstić information content (AvgIpc) is 2.66. The summed E-state index contributed by atoms with van der Waals surface area (Å²) in [5.41, 5.74) is 1.03. The van der Waals surface area contributed by atoms with Crippen LogP contribution in [0.3, 0.4) is 0 Å². The van der Waals surface area contributed by atoms with Crippen LogP contribution in [-0.4, -0.2) is 35.0 Å². The first kappa shape index (κ1) is 12.9. The van der Waals surface area contributed by atoms with Crippen LogP contribution in [0.5, 0.6) is 0 Å². The van der Waals surface area contributed by atoms with E-state index in [0.29, 0.717) is 5.92 Å². The Kier molecular flexibility index (Phi) is 4.84. The van der Waals surface area contributed by atoms with E-state index in [0.717, 1.165) is 37.7 Å². The largest absolute Gasteiger partial charge is 0.411 e. The third kappa shape index (κ3) is 3.21. The zero-order chi connectivity index (χ0) is 12.1. The Labute approximate surface area is 105 Å². The van der Waals surface area contributed by atoms with E-state index in [4.69, 9.17) is 5.21 Å². The van der Waals surface area contributed by atoms with Gasteiger partial charge in [0.25, 0.3) is 0 Å². The van der Waals surface area contributed by atoms with Crippen LogP contribution in [-0.2, 0) is 0 Å². The lowest BCUT2D eigenvalue weighted by Crippen LogP contribution is -2.46. The van der Waals surface area contributed by atoms with Gasteiger partial charge in [0, 0.05) is 31.5 Å². The van der Waals surface area contributed by atoms with Gasteiger partial charge in [-0.2, -0.15) is 0 Å². The van der Waals surface area contributed by atoms with Gasteiger partial charge in [0.1, 0.15) is 0 Å². The molecule has 0 radical (unpaired) electrons. The summed E-state index contributed by atoms with van der Waals surface area (Å²) in [5.74, 6) is 0.483. The van der Waals surface area contributed by atoms with Crippen LogP contribution >= 0.6 is 0 Å². The van der Waals surface area contributed by atoms with Gasteiger partial charge in [-0.15, -0.1) is 0 Å². The highest BCUT2D eigenvalue weighted by molar-refractivity contribution is 5.87. The number of nitrogens with zero attached hydrogens (tertiary/aromatic N) is 2. The van der Waals surface area contributed by atoms with Crippen LogP contribution < -0.4 is 0 Å². The molecule has 0 aromatic rings. The smallest absolute Gasteiger partial charge is 0.0627 e. The summed E-state index contributed by atoms with van der Waals surface area (Å²) < 4.78 is 0. The molecule has 1 saturated carbocycles. The van der Waals surface area contributed by atoms with Gasteiger partial charge in [0.05, 0.1) is 5.71 Å². The number of likely N-dealkylation sites (tertiary alicyclic amines) is 1. The molecule has 2 fully saturated rings. The normalized spacial score (nSPS) is 31.6. The average molecular weight is 238 g/mol. The van der Waals surface area contributed by atoms with Gasteiger partial charge in [-0.25, -0.2) is 0 Å². The second kappa shape index (κ2) is 6.39. The van der Waals surface area contributed by atoms with Crippen LogP contribution in [0.1, 0.15) is 58.3 Å². The maximum absolute atomic E-state index is 9.00. The maximum atomic E-state index is 9.00. The van der Waals surface area contributed by atoms with Crippen LogP contribution in [0, 0.1) is 5.92 Å². The van der Waals surface area contributed by atoms with Crippen molar-refractivity contribution in [3.63, 3.8) is 0 Å². The second-order valence-electron chi connectivity index (χ2n) is 5.59. The monoisotopic (exact) mass is 238 g/mol. The molecule has 1 heterocycles. The highest BCUT2D eigenvalue weighted by atomic mass is 16.4. The first-order chi connectivity index (χ1) is 8.35. The van der Waals surface area contributed by atoms with Gasteiger partial charge in [0.2, 0.25) is 0 Å². The summed E-state index contributed by atoms with van der Waals surface area (Å²) in [4.78, 5) is 2.66. The minimum absolute atomic E-state index is 0.483. The first-order valence-electron chi connectivity index (χ1n) is 7.30. The summed E-state index contributed by atoms with van der Waals surface area (Å²) in [6.45, 7) is 4.41. The quantitative estimate of drug-likeness (QED) is 0.455. The molecular weight excluding hydrogens is 212 g/mol. The molecule has 2 rings (SSSR count). The molecule has 1 saturated heterocycles. The lowest BCUT2D eigenvalue weighted by Gasteiger charge is -2.38. The SMILES string of the molecule is CCC1CN(C2CCCCCC2)CCC1=NO. The number of piperidine rings is 1. The van der Waals surface area contributed by atoms with Gasteiger partial charge >= 0.3 is 0 Å². The van der Waals surface area contributed by atoms with E-state index in [1.807, 2.05) is 0 Å². The van der Waals surface area contributed by atoms with Crippen LogP contribution in [0.15, 0.2) is 5.16 Å². The first-order valence-corrected chi connectivity index (χ1v) is 7.30. The second-order valence-corrected chi connectivity index (χ2v) is 5.59. The van der Waals surface area contributed by atoms with Crippen LogP contribution in [0.4, 0.5) is 0 Å². The molecule has 0 amide bonds. The molecule has 3 nitrogen and oxygen atoms in total. The minimum atomic E-state index is 0.483. The van der Waals surface area contributed by atoms with Gasteiger partial charge in [-0.3, -0.25) is 4.90 Å². The van der Waals surface area contributed by atoms with Crippen molar-refractivity contribution >= 4 is 5.71 Å². The minimum Gasteiger partial charge on any atom is -0.411 e. The Morgan fingerprint density at radius 3 is 2.53 bits per heavy atom. The Hall–Kier alpha value is -0.570. The molecule has 1 aliphatic carbocycles. The van der Waals surface area contributed by atoms with E-state index >= 15 is 0 Å². The van der Waals surface area contributed by atoms with Gasteiger partial charge in [-0.1, -0.05) is 37.8 Å². The number of hydrogen-bond acceptors (Lipinski definition) is 3. The molecule has 1 N–H and O–H groups in total. The van der Waals surface area contributed by atoms with E-state index in [1.165, 1.54) is 38.5 Å². The third-order valence-electron chi connectivity index (χ3n) is 4.54. The predicted octanol–water partition coefficient (Wildman–Crippen LogP) is 3.27. The van der Waals surface area contributed by atoms with Crippen molar-refractivity contribution < 1.29 is 5.21 Å². The standard InChI is InChI=1S/C14H26N2O/c1-2-12-11-16(10-9-14(12)15-17)13-7-5-3-4-6-8-13/h12-13,17H,2-11H2,1H3. The van der Waals surface area contributed by atoms with Crippen molar-refractivity contribution in [2.24, 2.45) is 11.1 Å². The molecule has 17 heavy (non-hydrogen) atoms. The lowest BCUT2D eigenvalue weighted by atomic mass is 9.91. The highest BCUT2D eigenvalue weighted by Crippen LogP contribution is 2.26. The van der Waals surface area contributed by atoms with E-state index in [-0.39, 0.29) is 0 Å². The predicted molar refractivity (Wildman–Crippen MR) is 70.7 cm³/mol. The van der Waals surface area contributed by atoms with Crippen molar-refractivity contribution in [2.45, 2.75) is 64.3 Å². The molecule has 3 heteroatoms. The Morgan fingerprint density at radius 1 is 1.24 bits per heavy atom. The zero-order valence-corrected chi connectivity index (χ0v) is 11.1. The Bertz CT molecular complexity index is 257. The zero-order valence-electron chi connectivity index (χ0n) is 11.1. The van der Waals surface area contributed by atoms with E-state index < -0.39 is 0 Å². The highest BCUT2D eigenvalue weighted by Gasteiger charge is 2.29. The molecule has 0 spiro atoms. The topological polar surface area (TPSA) is 35.8 Å². The van der Waals surface area contributed by atoms with E-state index in [1.54, 1.807) is 0 Å². The van der Waals surface area contributed by atoms with Gasteiger partial charge in [0.15, 0.2) is 0 Å². The van der Waals surface area contributed by atoms with Gasteiger partial charge in [-0.05, 0) is 19.3 Å². The fourth-order valence-corrected chi connectivity index (χ4v) is 3.39. The van der Waals surface area contributed by atoms with E-state index in [9.17, 15) is 0 Å². The van der Waals surface area contributed by atoms with Crippen LogP contribution in [0.25, 0.3) is 0 Å². The molecule has 0 bridgehead atoms. The summed E-state index contributed by atoms with van der Waals surface area (Å²) in [6, 6.07) is 0.798. The molecule has 1 unspecified atom stereocenters. The fraction of sp³-hybridized carbons (Fsp3) is 0.929. The van der Waals surface area contributed by atoms with Crippen molar-refractivity contribution in [1.29, 1.82) is 0 Å².